The number of rotatable bonds is 8. The van der Waals surface area contributed by atoms with Crippen molar-refractivity contribution in [3.05, 3.63) is 12.2 Å². The van der Waals surface area contributed by atoms with Gasteiger partial charge in [-0.2, -0.15) is 0 Å². The van der Waals surface area contributed by atoms with E-state index in [4.69, 9.17) is 5.73 Å². The van der Waals surface area contributed by atoms with Crippen LogP contribution in [-0.4, -0.2) is 6.54 Å². The number of unbranched alkanes of at least 4 members (excludes halogenated alkanes) is 1. The predicted molar refractivity (Wildman–Crippen MR) is 65.3 cm³/mol. The molecular weight excluding hydrogens is 170 g/mol. The van der Waals surface area contributed by atoms with Crippen LogP contribution >= 0.6 is 0 Å². The summed E-state index contributed by atoms with van der Waals surface area (Å²) in [6.07, 6.45) is 11.1. The van der Waals surface area contributed by atoms with Crippen molar-refractivity contribution in [2.45, 2.75) is 52.9 Å². The van der Waals surface area contributed by atoms with Gasteiger partial charge >= 0.3 is 0 Å². The van der Waals surface area contributed by atoms with Crippen LogP contribution in [-0.2, 0) is 0 Å². The van der Waals surface area contributed by atoms with Crippen molar-refractivity contribution >= 4 is 0 Å². The minimum absolute atomic E-state index is 0.678. The van der Waals surface area contributed by atoms with E-state index in [1.165, 1.54) is 25.7 Å². The SMILES string of the molecule is CCCCC(C=CC(C)C)CCCN. The smallest absolute Gasteiger partial charge is 0.00771 e. The Balaban J connectivity index is 3.83. The molecule has 84 valence electrons. The number of nitrogens with two attached hydrogens (primary N) is 1. The Kier molecular flexibility index (Phi) is 9.06. The highest BCUT2D eigenvalue weighted by Gasteiger charge is 2.03. The van der Waals surface area contributed by atoms with Crippen molar-refractivity contribution in [3.8, 4) is 0 Å². The van der Waals surface area contributed by atoms with E-state index in [0.29, 0.717) is 5.92 Å². The summed E-state index contributed by atoms with van der Waals surface area (Å²) in [7, 11) is 0. The third kappa shape index (κ3) is 8.31. The lowest BCUT2D eigenvalue weighted by molar-refractivity contribution is 0.501. The quantitative estimate of drug-likeness (QED) is 0.589. The molecule has 14 heavy (non-hydrogen) atoms. The summed E-state index contributed by atoms with van der Waals surface area (Å²) in [5, 5.41) is 0. The predicted octanol–water partition coefficient (Wildman–Crippen LogP) is 3.74. The zero-order valence-electron chi connectivity index (χ0n) is 10.1. The summed E-state index contributed by atoms with van der Waals surface area (Å²) in [6, 6.07) is 0. The maximum absolute atomic E-state index is 5.54. The minimum Gasteiger partial charge on any atom is -0.330 e. The molecule has 1 atom stereocenters. The fraction of sp³-hybridized carbons (Fsp3) is 0.846. The van der Waals surface area contributed by atoms with Gasteiger partial charge in [-0.25, -0.2) is 0 Å². The van der Waals surface area contributed by atoms with Crippen LogP contribution in [0.4, 0.5) is 0 Å². The van der Waals surface area contributed by atoms with E-state index in [2.05, 4.69) is 32.9 Å². The Hall–Kier alpha value is -0.300. The molecule has 0 aliphatic rings. The van der Waals surface area contributed by atoms with Gasteiger partial charge in [0.25, 0.3) is 0 Å². The highest BCUT2D eigenvalue weighted by atomic mass is 14.5. The molecule has 0 aliphatic heterocycles. The first-order valence-electron chi connectivity index (χ1n) is 6.09. The van der Waals surface area contributed by atoms with Crippen LogP contribution in [0.5, 0.6) is 0 Å². The Morgan fingerprint density at radius 2 is 1.71 bits per heavy atom. The highest BCUT2D eigenvalue weighted by molar-refractivity contribution is 4.90. The van der Waals surface area contributed by atoms with Gasteiger partial charge in [0.1, 0.15) is 0 Å². The van der Waals surface area contributed by atoms with Gasteiger partial charge in [-0.15, -0.1) is 0 Å². The molecule has 1 unspecified atom stereocenters. The minimum atomic E-state index is 0.678. The van der Waals surface area contributed by atoms with Crippen molar-refractivity contribution in [2.75, 3.05) is 6.54 Å². The van der Waals surface area contributed by atoms with Crippen molar-refractivity contribution < 1.29 is 0 Å². The molecule has 0 saturated heterocycles. The maximum Gasteiger partial charge on any atom is -0.00771 e. The third-order valence-electron chi connectivity index (χ3n) is 2.48. The van der Waals surface area contributed by atoms with Crippen LogP contribution in [0.2, 0.25) is 0 Å². The van der Waals surface area contributed by atoms with Crippen LogP contribution < -0.4 is 5.73 Å². The summed E-state index contributed by atoms with van der Waals surface area (Å²) < 4.78 is 0. The molecule has 0 saturated carbocycles. The van der Waals surface area contributed by atoms with Crippen LogP contribution in [0.25, 0.3) is 0 Å². The highest BCUT2D eigenvalue weighted by Crippen LogP contribution is 2.17. The van der Waals surface area contributed by atoms with Gasteiger partial charge in [-0.3, -0.25) is 0 Å². The van der Waals surface area contributed by atoms with E-state index in [1.54, 1.807) is 0 Å². The van der Waals surface area contributed by atoms with Gasteiger partial charge in [0.2, 0.25) is 0 Å². The average molecular weight is 197 g/mol. The zero-order chi connectivity index (χ0) is 10.8. The van der Waals surface area contributed by atoms with E-state index >= 15 is 0 Å². The third-order valence-corrected chi connectivity index (χ3v) is 2.48. The van der Waals surface area contributed by atoms with E-state index in [0.717, 1.165) is 18.9 Å². The van der Waals surface area contributed by atoms with Gasteiger partial charge in [-0.05, 0) is 37.6 Å². The largest absolute Gasteiger partial charge is 0.330 e. The van der Waals surface area contributed by atoms with Gasteiger partial charge in [0.15, 0.2) is 0 Å². The van der Waals surface area contributed by atoms with Gasteiger partial charge in [-0.1, -0.05) is 45.8 Å². The normalized spacial score (nSPS) is 14.1. The molecule has 0 heterocycles. The Morgan fingerprint density at radius 1 is 1.07 bits per heavy atom. The second-order valence-electron chi connectivity index (χ2n) is 4.46. The summed E-state index contributed by atoms with van der Waals surface area (Å²) in [5.74, 6) is 1.44. The van der Waals surface area contributed by atoms with E-state index in [1.807, 2.05) is 0 Å². The second kappa shape index (κ2) is 9.26. The number of allylic oxidation sites excluding steroid dienone is 2. The molecule has 0 aliphatic carbocycles. The zero-order valence-corrected chi connectivity index (χ0v) is 10.1. The first-order chi connectivity index (χ1) is 6.70. The van der Waals surface area contributed by atoms with Gasteiger partial charge in [0.05, 0.1) is 0 Å². The first-order valence-corrected chi connectivity index (χ1v) is 6.09. The topological polar surface area (TPSA) is 26.0 Å². The van der Waals surface area contributed by atoms with Crippen molar-refractivity contribution in [1.29, 1.82) is 0 Å². The van der Waals surface area contributed by atoms with Crippen LogP contribution in [0, 0.1) is 11.8 Å². The standard InChI is InChI=1S/C13H27N/c1-4-5-7-13(8-6-11-14)10-9-12(2)3/h9-10,12-13H,4-8,11,14H2,1-3H3. The maximum atomic E-state index is 5.54. The number of hydrogen-bond acceptors (Lipinski definition) is 1. The Morgan fingerprint density at radius 3 is 2.21 bits per heavy atom. The fourth-order valence-electron chi connectivity index (χ4n) is 1.56. The summed E-state index contributed by atoms with van der Waals surface area (Å²) >= 11 is 0. The van der Waals surface area contributed by atoms with Crippen molar-refractivity contribution in [1.82, 2.24) is 0 Å². The molecular formula is C13H27N. The van der Waals surface area contributed by atoms with E-state index in [9.17, 15) is 0 Å². The lowest BCUT2D eigenvalue weighted by atomic mass is 9.95. The molecule has 0 bridgehead atoms. The van der Waals surface area contributed by atoms with Gasteiger partial charge < -0.3 is 5.73 Å². The molecule has 0 fully saturated rings. The van der Waals surface area contributed by atoms with Crippen molar-refractivity contribution in [2.24, 2.45) is 17.6 Å². The monoisotopic (exact) mass is 197 g/mol. The summed E-state index contributed by atoms with van der Waals surface area (Å²) in [5.41, 5.74) is 5.54. The summed E-state index contributed by atoms with van der Waals surface area (Å²) in [4.78, 5) is 0. The molecule has 0 aromatic rings. The Bertz CT molecular complexity index is 130. The fourth-order valence-corrected chi connectivity index (χ4v) is 1.56. The molecule has 2 N–H and O–H groups in total. The van der Waals surface area contributed by atoms with E-state index in [-0.39, 0.29) is 0 Å². The summed E-state index contributed by atoms with van der Waals surface area (Å²) in [6.45, 7) is 7.55. The van der Waals surface area contributed by atoms with E-state index < -0.39 is 0 Å². The molecule has 1 heteroatoms. The first kappa shape index (κ1) is 13.7. The Labute approximate surface area is 89.8 Å². The molecule has 0 aromatic heterocycles. The van der Waals surface area contributed by atoms with Crippen molar-refractivity contribution in [3.63, 3.8) is 0 Å². The second-order valence-corrected chi connectivity index (χ2v) is 4.46. The molecule has 0 amide bonds. The van der Waals surface area contributed by atoms with Crippen LogP contribution in [0.1, 0.15) is 52.9 Å². The van der Waals surface area contributed by atoms with Gasteiger partial charge in [0, 0.05) is 0 Å². The van der Waals surface area contributed by atoms with Crippen LogP contribution in [0.3, 0.4) is 0 Å². The van der Waals surface area contributed by atoms with Crippen LogP contribution in [0.15, 0.2) is 12.2 Å². The molecule has 0 radical (unpaired) electrons. The lowest BCUT2D eigenvalue weighted by Crippen LogP contribution is -2.04. The molecule has 0 aromatic carbocycles. The molecule has 0 spiro atoms. The average Bonchev–Trinajstić information content (AvgIpc) is 2.16. The molecule has 0 rings (SSSR count). The molecule has 1 nitrogen and oxygen atoms in total. The lowest BCUT2D eigenvalue weighted by Gasteiger charge is -2.11. The number of hydrogen-bond donors (Lipinski definition) is 1.